The monoisotopic (exact) mass is 403 g/mol. The second-order valence-corrected chi connectivity index (χ2v) is 9.18. The summed E-state index contributed by atoms with van der Waals surface area (Å²) in [6, 6.07) is 8.67. The minimum Gasteiger partial charge on any atom is -0.490 e. The fourth-order valence-corrected chi connectivity index (χ4v) is 3.97. The van der Waals surface area contributed by atoms with Gasteiger partial charge in [-0.25, -0.2) is 4.79 Å². The van der Waals surface area contributed by atoms with Crippen molar-refractivity contribution in [3.8, 4) is 5.75 Å². The van der Waals surface area contributed by atoms with Gasteiger partial charge < -0.3 is 19.3 Å². The molecule has 2 fully saturated rings. The quantitative estimate of drug-likeness (QED) is 0.744. The highest BCUT2D eigenvalue weighted by molar-refractivity contribution is 5.69. The molecule has 0 spiro atoms. The first-order valence-corrected chi connectivity index (χ1v) is 11.0. The highest BCUT2D eigenvalue weighted by Crippen LogP contribution is 2.29. The number of hydrogen-bond donors (Lipinski definition) is 0. The summed E-state index contributed by atoms with van der Waals surface area (Å²) >= 11 is 0. The second-order valence-electron chi connectivity index (χ2n) is 9.18. The number of rotatable bonds is 5. The molecule has 0 aliphatic carbocycles. The molecule has 1 aromatic carbocycles. The number of carbonyl (C=O) groups excluding carboxylic acids is 1. The number of amides is 1. The van der Waals surface area contributed by atoms with E-state index < -0.39 is 5.60 Å². The molecule has 1 amide bonds. The molecule has 2 aliphatic heterocycles. The van der Waals surface area contributed by atoms with Crippen molar-refractivity contribution in [2.75, 3.05) is 50.8 Å². The largest absolute Gasteiger partial charge is 0.490 e. The minimum absolute atomic E-state index is 0.225. The highest BCUT2D eigenvalue weighted by Gasteiger charge is 2.27. The lowest BCUT2D eigenvalue weighted by Crippen LogP contribution is -2.50. The van der Waals surface area contributed by atoms with Crippen LogP contribution < -0.4 is 9.64 Å². The van der Waals surface area contributed by atoms with Crippen LogP contribution in [0.1, 0.15) is 47.0 Å². The molecule has 3 rings (SSSR count). The molecule has 162 valence electrons. The lowest BCUT2D eigenvalue weighted by Gasteiger charge is -2.37. The van der Waals surface area contributed by atoms with E-state index in [0.717, 1.165) is 24.5 Å². The summed E-state index contributed by atoms with van der Waals surface area (Å²) in [6.07, 6.45) is 3.71. The number of para-hydroxylation sites is 2. The summed E-state index contributed by atoms with van der Waals surface area (Å²) in [6.45, 7) is 13.9. The van der Waals surface area contributed by atoms with Gasteiger partial charge in [0.25, 0.3) is 0 Å². The van der Waals surface area contributed by atoms with Crippen LogP contribution in [0.3, 0.4) is 0 Å². The van der Waals surface area contributed by atoms with E-state index in [1.54, 1.807) is 4.90 Å². The van der Waals surface area contributed by atoms with E-state index in [0.29, 0.717) is 25.7 Å². The second kappa shape index (κ2) is 9.70. The number of hydrogen-bond acceptors (Lipinski definition) is 5. The van der Waals surface area contributed by atoms with Crippen LogP contribution in [0.15, 0.2) is 24.3 Å². The zero-order chi connectivity index (χ0) is 20.9. The van der Waals surface area contributed by atoms with Gasteiger partial charge in [0.2, 0.25) is 0 Å². The molecule has 1 atom stereocenters. The number of benzene rings is 1. The van der Waals surface area contributed by atoms with Crippen LogP contribution in [0.25, 0.3) is 0 Å². The van der Waals surface area contributed by atoms with Crippen molar-refractivity contribution in [1.29, 1.82) is 0 Å². The van der Waals surface area contributed by atoms with Gasteiger partial charge in [-0.1, -0.05) is 18.6 Å². The van der Waals surface area contributed by atoms with E-state index in [2.05, 4.69) is 34.9 Å². The number of likely N-dealkylation sites (tertiary alicyclic amines) is 1. The molecule has 0 radical (unpaired) electrons. The smallest absolute Gasteiger partial charge is 0.410 e. The van der Waals surface area contributed by atoms with Gasteiger partial charge in [-0.05, 0) is 65.8 Å². The molecule has 2 heterocycles. The van der Waals surface area contributed by atoms with Crippen LogP contribution in [0.5, 0.6) is 5.75 Å². The van der Waals surface area contributed by atoms with E-state index in [-0.39, 0.29) is 6.09 Å². The van der Waals surface area contributed by atoms with E-state index in [1.165, 1.54) is 32.4 Å². The summed E-state index contributed by atoms with van der Waals surface area (Å²) in [5, 5.41) is 0. The molecule has 1 unspecified atom stereocenters. The number of ether oxygens (including phenoxy) is 2. The minimum atomic E-state index is -0.459. The Morgan fingerprint density at radius 2 is 1.66 bits per heavy atom. The summed E-state index contributed by atoms with van der Waals surface area (Å²) in [4.78, 5) is 18.9. The van der Waals surface area contributed by atoms with Crippen molar-refractivity contribution in [2.24, 2.45) is 0 Å². The molecule has 6 nitrogen and oxygen atoms in total. The van der Waals surface area contributed by atoms with Crippen LogP contribution >= 0.6 is 0 Å². The number of anilines is 1. The lowest BCUT2D eigenvalue weighted by molar-refractivity contribution is 0.0240. The third kappa shape index (κ3) is 6.26. The summed E-state index contributed by atoms with van der Waals surface area (Å²) in [7, 11) is 0. The van der Waals surface area contributed by atoms with Crippen molar-refractivity contribution < 1.29 is 14.3 Å². The SMILES string of the molecule is CC(COc1ccccc1N1CCN(C(=O)OC(C)(C)C)CC1)N1CCCCC1. The zero-order valence-corrected chi connectivity index (χ0v) is 18.5. The maximum absolute atomic E-state index is 12.3. The van der Waals surface area contributed by atoms with Crippen molar-refractivity contribution in [3.05, 3.63) is 24.3 Å². The molecule has 0 saturated carbocycles. The lowest BCUT2D eigenvalue weighted by atomic mass is 10.1. The molecular formula is C23H37N3O3. The first kappa shape index (κ1) is 21.8. The Labute approximate surface area is 175 Å². The Morgan fingerprint density at radius 1 is 1.00 bits per heavy atom. The molecule has 0 N–H and O–H groups in total. The van der Waals surface area contributed by atoms with Crippen LogP contribution in [0.2, 0.25) is 0 Å². The summed E-state index contributed by atoms with van der Waals surface area (Å²) < 4.78 is 11.8. The molecule has 29 heavy (non-hydrogen) atoms. The van der Waals surface area contributed by atoms with Gasteiger partial charge in [0, 0.05) is 32.2 Å². The average Bonchev–Trinajstić information content (AvgIpc) is 2.72. The van der Waals surface area contributed by atoms with Crippen molar-refractivity contribution >= 4 is 11.8 Å². The maximum Gasteiger partial charge on any atom is 0.410 e. The van der Waals surface area contributed by atoms with E-state index in [1.807, 2.05) is 26.8 Å². The fraction of sp³-hybridized carbons (Fsp3) is 0.696. The predicted molar refractivity (Wildman–Crippen MR) is 117 cm³/mol. The third-order valence-electron chi connectivity index (χ3n) is 5.63. The van der Waals surface area contributed by atoms with E-state index >= 15 is 0 Å². The van der Waals surface area contributed by atoms with Crippen LogP contribution in [0, 0.1) is 0 Å². The standard InChI is InChI=1S/C23H37N3O3/c1-19(24-12-8-5-9-13-24)18-28-21-11-7-6-10-20(21)25-14-16-26(17-15-25)22(27)29-23(2,3)4/h6-7,10-11,19H,5,8-9,12-18H2,1-4H3. The molecular weight excluding hydrogens is 366 g/mol. The van der Waals surface area contributed by atoms with Gasteiger partial charge in [-0.3, -0.25) is 4.90 Å². The number of nitrogens with zero attached hydrogens (tertiary/aromatic N) is 3. The molecule has 0 aromatic heterocycles. The van der Waals surface area contributed by atoms with Gasteiger partial charge in [0.15, 0.2) is 0 Å². The highest BCUT2D eigenvalue weighted by atomic mass is 16.6. The summed E-state index contributed by atoms with van der Waals surface area (Å²) in [5.41, 5.74) is 0.655. The predicted octanol–water partition coefficient (Wildman–Crippen LogP) is 4.00. The number of piperidine rings is 1. The first-order chi connectivity index (χ1) is 13.8. The first-order valence-electron chi connectivity index (χ1n) is 11.0. The molecule has 1 aromatic rings. The normalized spacial score (nSPS) is 19.7. The van der Waals surface area contributed by atoms with Gasteiger partial charge in [0.05, 0.1) is 5.69 Å². The van der Waals surface area contributed by atoms with Crippen LogP contribution in [-0.4, -0.2) is 73.4 Å². The van der Waals surface area contributed by atoms with E-state index in [9.17, 15) is 4.79 Å². The van der Waals surface area contributed by atoms with Gasteiger partial charge >= 0.3 is 6.09 Å². The Bertz CT molecular complexity index is 660. The maximum atomic E-state index is 12.3. The van der Waals surface area contributed by atoms with E-state index in [4.69, 9.17) is 9.47 Å². The molecule has 6 heteroatoms. The number of carbonyl (C=O) groups is 1. The molecule has 2 saturated heterocycles. The zero-order valence-electron chi connectivity index (χ0n) is 18.5. The van der Waals surface area contributed by atoms with Crippen molar-refractivity contribution in [2.45, 2.75) is 58.6 Å². The van der Waals surface area contributed by atoms with Crippen LogP contribution in [0.4, 0.5) is 10.5 Å². The number of piperazine rings is 1. The fourth-order valence-electron chi connectivity index (χ4n) is 3.97. The molecule has 2 aliphatic rings. The Morgan fingerprint density at radius 3 is 2.31 bits per heavy atom. The Hall–Kier alpha value is -1.95. The summed E-state index contributed by atoms with van der Waals surface area (Å²) in [5.74, 6) is 0.932. The molecule has 0 bridgehead atoms. The average molecular weight is 404 g/mol. The van der Waals surface area contributed by atoms with Crippen molar-refractivity contribution in [1.82, 2.24) is 9.80 Å². The van der Waals surface area contributed by atoms with Crippen molar-refractivity contribution in [3.63, 3.8) is 0 Å². The van der Waals surface area contributed by atoms with Gasteiger partial charge in [0.1, 0.15) is 18.0 Å². The topological polar surface area (TPSA) is 45.3 Å². The Kier molecular flexibility index (Phi) is 7.28. The third-order valence-corrected chi connectivity index (χ3v) is 5.63. The van der Waals surface area contributed by atoms with Crippen LogP contribution in [-0.2, 0) is 4.74 Å². The van der Waals surface area contributed by atoms with Gasteiger partial charge in [-0.2, -0.15) is 0 Å². The van der Waals surface area contributed by atoms with Gasteiger partial charge in [-0.15, -0.1) is 0 Å². The Balaban J connectivity index is 1.54.